The summed E-state index contributed by atoms with van der Waals surface area (Å²) in [5.41, 5.74) is 0.721. The lowest BCUT2D eigenvalue weighted by Crippen LogP contribution is -2.20. The van der Waals surface area contributed by atoms with Crippen molar-refractivity contribution in [1.82, 2.24) is 4.98 Å². The van der Waals surface area contributed by atoms with Gasteiger partial charge < -0.3 is 9.72 Å². The van der Waals surface area contributed by atoms with Crippen molar-refractivity contribution in [1.29, 1.82) is 0 Å². The standard InChI is InChI=1S/C10H13NO2/c1-7-2-3-9(13-7)10(12)8-4-5-11-6-8/h4-7,9,11H,2-3H2,1H3. The van der Waals surface area contributed by atoms with E-state index in [1.54, 1.807) is 18.5 Å². The summed E-state index contributed by atoms with van der Waals surface area (Å²) < 4.78 is 5.48. The van der Waals surface area contributed by atoms with Crippen molar-refractivity contribution in [2.24, 2.45) is 0 Å². The molecule has 70 valence electrons. The van der Waals surface area contributed by atoms with E-state index in [1.165, 1.54) is 0 Å². The van der Waals surface area contributed by atoms with Crippen LogP contribution in [0.3, 0.4) is 0 Å². The van der Waals surface area contributed by atoms with Crippen LogP contribution in [0.4, 0.5) is 0 Å². The average Bonchev–Trinajstić information content (AvgIpc) is 2.72. The van der Waals surface area contributed by atoms with E-state index in [9.17, 15) is 4.79 Å². The Labute approximate surface area is 77.1 Å². The van der Waals surface area contributed by atoms with Gasteiger partial charge in [-0.3, -0.25) is 4.79 Å². The van der Waals surface area contributed by atoms with Crippen LogP contribution in [0.25, 0.3) is 0 Å². The summed E-state index contributed by atoms with van der Waals surface area (Å²) in [6, 6.07) is 1.79. The topological polar surface area (TPSA) is 42.1 Å². The first-order valence-electron chi connectivity index (χ1n) is 4.60. The zero-order valence-corrected chi connectivity index (χ0v) is 7.62. The highest BCUT2D eigenvalue weighted by Crippen LogP contribution is 2.22. The minimum Gasteiger partial charge on any atom is -0.367 e. The predicted octanol–water partition coefficient (Wildman–Crippen LogP) is 1.76. The van der Waals surface area contributed by atoms with Crippen molar-refractivity contribution >= 4 is 5.78 Å². The molecule has 1 N–H and O–H groups in total. The van der Waals surface area contributed by atoms with Crippen LogP contribution < -0.4 is 0 Å². The third kappa shape index (κ3) is 1.65. The molecule has 0 radical (unpaired) electrons. The zero-order chi connectivity index (χ0) is 9.26. The molecule has 0 bridgehead atoms. The van der Waals surface area contributed by atoms with E-state index in [0.717, 1.165) is 18.4 Å². The number of rotatable bonds is 2. The molecule has 2 rings (SSSR count). The highest BCUT2D eigenvalue weighted by Gasteiger charge is 2.28. The number of hydrogen-bond acceptors (Lipinski definition) is 2. The molecule has 2 heterocycles. The van der Waals surface area contributed by atoms with E-state index in [1.807, 2.05) is 6.92 Å². The van der Waals surface area contributed by atoms with Crippen LogP contribution in [0.1, 0.15) is 30.1 Å². The molecule has 1 fully saturated rings. The summed E-state index contributed by atoms with van der Waals surface area (Å²) in [4.78, 5) is 14.6. The lowest BCUT2D eigenvalue weighted by atomic mass is 10.1. The monoisotopic (exact) mass is 179 g/mol. The average molecular weight is 179 g/mol. The van der Waals surface area contributed by atoms with Gasteiger partial charge in [0.1, 0.15) is 6.10 Å². The lowest BCUT2D eigenvalue weighted by Gasteiger charge is -2.07. The maximum absolute atomic E-state index is 11.7. The number of aromatic nitrogens is 1. The molecule has 1 aromatic rings. The molecule has 0 spiro atoms. The van der Waals surface area contributed by atoms with E-state index in [0.29, 0.717) is 0 Å². The molecule has 0 aliphatic carbocycles. The van der Waals surface area contributed by atoms with Gasteiger partial charge >= 0.3 is 0 Å². The fraction of sp³-hybridized carbons (Fsp3) is 0.500. The molecule has 2 unspecified atom stereocenters. The van der Waals surface area contributed by atoms with Gasteiger partial charge in [-0.05, 0) is 25.8 Å². The maximum Gasteiger partial charge on any atom is 0.193 e. The van der Waals surface area contributed by atoms with Crippen LogP contribution >= 0.6 is 0 Å². The Kier molecular flexibility index (Phi) is 2.19. The number of H-pyrrole nitrogens is 1. The number of aromatic amines is 1. The molecule has 2 atom stereocenters. The number of Topliss-reactive ketones (excluding diaryl/α,β-unsaturated/α-hetero) is 1. The first-order valence-corrected chi connectivity index (χ1v) is 4.60. The van der Waals surface area contributed by atoms with Crippen molar-refractivity contribution in [2.75, 3.05) is 0 Å². The van der Waals surface area contributed by atoms with E-state index in [2.05, 4.69) is 4.98 Å². The minimum atomic E-state index is -0.217. The fourth-order valence-electron chi connectivity index (χ4n) is 1.66. The van der Waals surface area contributed by atoms with Gasteiger partial charge in [0.25, 0.3) is 0 Å². The number of hydrogen-bond donors (Lipinski definition) is 1. The molecule has 3 heteroatoms. The van der Waals surface area contributed by atoms with Gasteiger partial charge in [0.05, 0.1) is 6.10 Å². The van der Waals surface area contributed by atoms with Gasteiger partial charge in [0.15, 0.2) is 5.78 Å². The molecular weight excluding hydrogens is 166 g/mol. The molecule has 3 nitrogen and oxygen atoms in total. The van der Waals surface area contributed by atoms with E-state index in [-0.39, 0.29) is 18.0 Å². The summed E-state index contributed by atoms with van der Waals surface area (Å²) in [7, 11) is 0. The second-order valence-electron chi connectivity index (χ2n) is 3.48. The van der Waals surface area contributed by atoms with Gasteiger partial charge in [-0.2, -0.15) is 0 Å². The van der Waals surface area contributed by atoms with Crippen molar-refractivity contribution < 1.29 is 9.53 Å². The second kappa shape index (κ2) is 3.34. The van der Waals surface area contributed by atoms with E-state index >= 15 is 0 Å². The summed E-state index contributed by atoms with van der Waals surface area (Å²) in [5.74, 6) is 0.102. The molecule has 13 heavy (non-hydrogen) atoms. The van der Waals surface area contributed by atoms with Crippen molar-refractivity contribution in [3.63, 3.8) is 0 Å². The van der Waals surface area contributed by atoms with Gasteiger partial charge in [-0.15, -0.1) is 0 Å². The largest absolute Gasteiger partial charge is 0.367 e. The number of carbonyl (C=O) groups excluding carboxylic acids is 1. The van der Waals surface area contributed by atoms with Gasteiger partial charge in [-0.1, -0.05) is 0 Å². The SMILES string of the molecule is CC1CCC(C(=O)c2cc[nH]c2)O1. The highest BCUT2D eigenvalue weighted by atomic mass is 16.5. The van der Waals surface area contributed by atoms with Crippen molar-refractivity contribution in [3.05, 3.63) is 24.0 Å². The van der Waals surface area contributed by atoms with Crippen LogP contribution in [0.15, 0.2) is 18.5 Å². The highest BCUT2D eigenvalue weighted by molar-refractivity contribution is 5.99. The molecule has 0 aromatic carbocycles. The van der Waals surface area contributed by atoms with Crippen LogP contribution in [0.2, 0.25) is 0 Å². The summed E-state index contributed by atoms with van der Waals surface area (Å²) in [6.45, 7) is 2.00. The van der Waals surface area contributed by atoms with Gasteiger partial charge in [0, 0.05) is 18.0 Å². The fourth-order valence-corrected chi connectivity index (χ4v) is 1.66. The van der Waals surface area contributed by atoms with E-state index in [4.69, 9.17) is 4.74 Å². The summed E-state index contributed by atoms with van der Waals surface area (Å²) >= 11 is 0. The third-order valence-corrected chi connectivity index (χ3v) is 2.41. The first-order chi connectivity index (χ1) is 6.27. The Morgan fingerprint density at radius 3 is 3.00 bits per heavy atom. The van der Waals surface area contributed by atoms with E-state index < -0.39 is 0 Å². The summed E-state index contributed by atoms with van der Waals surface area (Å²) in [5, 5.41) is 0. The third-order valence-electron chi connectivity index (χ3n) is 2.41. The Bertz CT molecular complexity index is 292. The molecule has 0 amide bonds. The number of ketones is 1. The Hall–Kier alpha value is -1.09. The summed E-state index contributed by atoms with van der Waals surface area (Å²) in [6.07, 6.45) is 5.32. The smallest absolute Gasteiger partial charge is 0.193 e. The zero-order valence-electron chi connectivity index (χ0n) is 7.62. The van der Waals surface area contributed by atoms with Crippen LogP contribution in [0, 0.1) is 0 Å². The quantitative estimate of drug-likeness (QED) is 0.703. The molecule has 0 saturated carbocycles. The van der Waals surface area contributed by atoms with Crippen LogP contribution in [-0.4, -0.2) is 23.0 Å². The van der Waals surface area contributed by atoms with Crippen molar-refractivity contribution in [3.8, 4) is 0 Å². The second-order valence-corrected chi connectivity index (χ2v) is 3.48. The number of nitrogens with one attached hydrogen (secondary N) is 1. The molecule has 1 aliphatic rings. The molecule has 1 aromatic heterocycles. The Morgan fingerprint density at radius 1 is 1.62 bits per heavy atom. The van der Waals surface area contributed by atoms with Gasteiger partial charge in [0.2, 0.25) is 0 Å². The minimum absolute atomic E-state index is 0.102. The normalized spacial score (nSPS) is 27.8. The first kappa shape index (κ1) is 8.51. The number of ether oxygens (including phenoxy) is 1. The molecule has 1 aliphatic heterocycles. The molecule has 1 saturated heterocycles. The van der Waals surface area contributed by atoms with Crippen LogP contribution in [0.5, 0.6) is 0 Å². The number of carbonyl (C=O) groups is 1. The lowest BCUT2D eigenvalue weighted by molar-refractivity contribution is 0.0433. The van der Waals surface area contributed by atoms with Gasteiger partial charge in [-0.25, -0.2) is 0 Å². The Balaban J connectivity index is 2.06. The molecular formula is C10H13NO2. The van der Waals surface area contributed by atoms with Crippen molar-refractivity contribution in [2.45, 2.75) is 32.0 Å². The maximum atomic E-state index is 11.7. The Morgan fingerprint density at radius 2 is 2.46 bits per heavy atom. The predicted molar refractivity (Wildman–Crippen MR) is 48.7 cm³/mol. The van der Waals surface area contributed by atoms with Crippen LogP contribution in [-0.2, 0) is 4.74 Å².